The van der Waals surface area contributed by atoms with E-state index in [0.717, 1.165) is 37.9 Å². The van der Waals surface area contributed by atoms with Crippen molar-refractivity contribution in [2.45, 2.75) is 55.9 Å². The smallest absolute Gasteiger partial charge is 0.315 e. The van der Waals surface area contributed by atoms with Crippen LogP contribution in [0, 0.1) is 0 Å². The summed E-state index contributed by atoms with van der Waals surface area (Å²) in [5, 5.41) is 9.25. The molecule has 0 spiro atoms. The maximum absolute atomic E-state index is 11.7. The van der Waals surface area contributed by atoms with Crippen molar-refractivity contribution in [3.63, 3.8) is 0 Å². The molecule has 0 aromatic heterocycles. The lowest BCUT2D eigenvalue weighted by molar-refractivity contribution is -0.129. The van der Waals surface area contributed by atoms with Crippen molar-refractivity contribution in [3.05, 3.63) is 0 Å². The SMILES string of the molecule is O=COCCCCNC(=O)CCCC[C@@H]1SC[C@@H]2NC(=O)N[C@@H]21. The molecule has 0 saturated carbocycles. The second-order valence-corrected chi connectivity index (χ2v) is 7.16. The molecule has 2 saturated heterocycles. The largest absolute Gasteiger partial charge is 0.468 e. The number of thioether (sulfide) groups is 1. The minimum atomic E-state index is -0.0526. The lowest BCUT2D eigenvalue weighted by Crippen LogP contribution is -2.36. The van der Waals surface area contributed by atoms with E-state index in [9.17, 15) is 14.4 Å². The first-order valence-corrected chi connectivity index (χ1v) is 9.26. The Morgan fingerprint density at radius 2 is 2.17 bits per heavy atom. The molecule has 2 aliphatic rings. The minimum absolute atomic E-state index is 0.0526. The standard InChI is InChI=1S/C15H25N3O4S/c19-10-22-8-4-3-7-16-13(20)6-2-1-5-12-14-11(9-23-12)17-15(21)18-14/h10-12,14H,1-9H2,(H,16,20)(H2,17,18,21)/t11-,12-,14-/m0/s1. The minimum Gasteiger partial charge on any atom is -0.468 e. The summed E-state index contributed by atoms with van der Waals surface area (Å²) in [6, 6.07) is 0.460. The number of urea groups is 1. The van der Waals surface area contributed by atoms with E-state index in [1.165, 1.54) is 0 Å². The quantitative estimate of drug-likeness (QED) is 0.293. The number of carbonyl (C=O) groups is 3. The van der Waals surface area contributed by atoms with E-state index < -0.39 is 0 Å². The molecule has 3 N–H and O–H groups in total. The van der Waals surface area contributed by atoms with Gasteiger partial charge in [0.15, 0.2) is 0 Å². The van der Waals surface area contributed by atoms with Crippen LogP contribution in [-0.2, 0) is 14.3 Å². The molecule has 0 aromatic carbocycles. The monoisotopic (exact) mass is 343 g/mol. The van der Waals surface area contributed by atoms with Crippen molar-refractivity contribution in [2.75, 3.05) is 18.9 Å². The highest BCUT2D eigenvalue weighted by Gasteiger charge is 2.42. The molecule has 8 heteroatoms. The van der Waals surface area contributed by atoms with Crippen molar-refractivity contribution < 1.29 is 19.1 Å². The third-order valence-electron chi connectivity index (χ3n) is 4.16. The first-order chi connectivity index (χ1) is 11.2. The highest BCUT2D eigenvalue weighted by Crippen LogP contribution is 2.33. The number of hydrogen-bond acceptors (Lipinski definition) is 5. The van der Waals surface area contributed by atoms with Crippen LogP contribution in [0.5, 0.6) is 0 Å². The van der Waals surface area contributed by atoms with Crippen LogP contribution in [0.4, 0.5) is 4.79 Å². The summed E-state index contributed by atoms with van der Waals surface area (Å²) in [5.41, 5.74) is 0. The Hall–Kier alpha value is -1.44. The van der Waals surface area contributed by atoms with Gasteiger partial charge in [-0.1, -0.05) is 6.42 Å². The molecule has 0 radical (unpaired) electrons. The summed E-state index contributed by atoms with van der Waals surface area (Å²) >= 11 is 1.90. The Labute approximate surface area is 140 Å². The first kappa shape index (κ1) is 17.9. The summed E-state index contributed by atoms with van der Waals surface area (Å²) in [4.78, 5) is 32.9. The fourth-order valence-corrected chi connectivity index (χ4v) is 4.49. The molecule has 0 unspecified atom stereocenters. The van der Waals surface area contributed by atoms with E-state index in [-0.39, 0.29) is 24.0 Å². The van der Waals surface area contributed by atoms with Crippen LogP contribution in [0.15, 0.2) is 0 Å². The van der Waals surface area contributed by atoms with Gasteiger partial charge in [-0.3, -0.25) is 9.59 Å². The molecule has 2 aliphatic heterocycles. The summed E-state index contributed by atoms with van der Waals surface area (Å²) in [7, 11) is 0. The number of nitrogens with one attached hydrogen (secondary N) is 3. The van der Waals surface area contributed by atoms with Gasteiger partial charge in [0.2, 0.25) is 5.91 Å². The third-order valence-corrected chi connectivity index (χ3v) is 5.67. The van der Waals surface area contributed by atoms with Crippen LogP contribution >= 0.6 is 11.8 Å². The Kier molecular flexibility index (Phi) is 7.51. The van der Waals surface area contributed by atoms with Gasteiger partial charge in [-0.2, -0.15) is 11.8 Å². The number of amides is 3. The van der Waals surface area contributed by atoms with Crippen molar-refractivity contribution in [3.8, 4) is 0 Å². The van der Waals surface area contributed by atoms with Crippen LogP contribution in [-0.4, -0.2) is 54.6 Å². The Balaban J connectivity index is 1.46. The van der Waals surface area contributed by atoms with Crippen LogP contribution in [0.1, 0.15) is 38.5 Å². The molecule has 2 fully saturated rings. The number of ether oxygens (including phenoxy) is 1. The molecule has 2 heterocycles. The Morgan fingerprint density at radius 3 is 3.00 bits per heavy atom. The predicted molar refractivity (Wildman–Crippen MR) is 88.2 cm³/mol. The van der Waals surface area contributed by atoms with Crippen LogP contribution in [0.2, 0.25) is 0 Å². The van der Waals surface area contributed by atoms with Gasteiger partial charge in [0.25, 0.3) is 6.47 Å². The van der Waals surface area contributed by atoms with Crippen LogP contribution < -0.4 is 16.0 Å². The molecule has 130 valence electrons. The van der Waals surface area contributed by atoms with Gasteiger partial charge in [-0.25, -0.2) is 4.79 Å². The third kappa shape index (κ3) is 5.93. The van der Waals surface area contributed by atoms with Gasteiger partial charge in [0.05, 0.1) is 18.7 Å². The van der Waals surface area contributed by atoms with E-state index in [1.807, 2.05) is 11.8 Å². The normalized spacial score (nSPS) is 25.4. The lowest BCUT2D eigenvalue weighted by atomic mass is 10.0. The van der Waals surface area contributed by atoms with E-state index in [2.05, 4.69) is 20.7 Å². The van der Waals surface area contributed by atoms with E-state index in [1.54, 1.807) is 0 Å². The van der Waals surface area contributed by atoms with Gasteiger partial charge in [0, 0.05) is 24.0 Å². The molecular weight excluding hydrogens is 318 g/mol. The molecule has 7 nitrogen and oxygen atoms in total. The van der Waals surface area contributed by atoms with Gasteiger partial charge >= 0.3 is 6.03 Å². The van der Waals surface area contributed by atoms with Crippen LogP contribution in [0.25, 0.3) is 0 Å². The molecule has 23 heavy (non-hydrogen) atoms. The van der Waals surface area contributed by atoms with Gasteiger partial charge in [0.1, 0.15) is 0 Å². The highest BCUT2D eigenvalue weighted by molar-refractivity contribution is 8.00. The van der Waals surface area contributed by atoms with E-state index >= 15 is 0 Å². The summed E-state index contributed by atoms with van der Waals surface area (Å²) in [6.07, 6.45) is 5.02. The zero-order valence-electron chi connectivity index (χ0n) is 13.2. The maximum Gasteiger partial charge on any atom is 0.315 e. The number of hydrogen-bond donors (Lipinski definition) is 3. The fourth-order valence-electron chi connectivity index (χ4n) is 2.95. The fraction of sp³-hybridized carbons (Fsp3) is 0.800. The molecule has 3 atom stereocenters. The number of carbonyl (C=O) groups excluding carboxylic acids is 3. The van der Waals surface area contributed by atoms with Gasteiger partial charge < -0.3 is 20.7 Å². The second kappa shape index (κ2) is 9.64. The van der Waals surface area contributed by atoms with Crippen molar-refractivity contribution in [2.24, 2.45) is 0 Å². The van der Waals surface area contributed by atoms with E-state index in [4.69, 9.17) is 0 Å². The molecule has 0 bridgehead atoms. The van der Waals surface area contributed by atoms with Crippen molar-refractivity contribution in [1.29, 1.82) is 0 Å². The van der Waals surface area contributed by atoms with Gasteiger partial charge in [-0.05, 0) is 25.7 Å². The highest BCUT2D eigenvalue weighted by atomic mass is 32.2. The summed E-state index contributed by atoms with van der Waals surface area (Å²) in [5.74, 6) is 1.05. The van der Waals surface area contributed by atoms with E-state index in [0.29, 0.717) is 31.3 Å². The number of fused-ring (bicyclic) bond motifs is 1. The zero-order chi connectivity index (χ0) is 16.5. The maximum atomic E-state index is 11.7. The predicted octanol–water partition coefficient (Wildman–Crippen LogP) is 0.782. The van der Waals surface area contributed by atoms with Crippen LogP contribution in [0.3, 0.4) is 0 Å². The number of rotatable bonds is 11. The average molecular weight is 343 g/mol. The lowest BCUT2D eigenvalue weighted by Gasteiger charge is -2.16. The molecule has 3 amide bonds. The Bertz CT molecular complexity index is 422. The van der Waals surface area contributed by atoms with Gasteiger partial charge in [-0.15, -0.1) is 0 Å². The zero-order valence-corrected chi connectivity index (χ0v) is 14.0. The first-order valence-electron chi connectivity index (χ1n) is 8.21. The van der Waals surface area contributed by atoms with Crippen molar-refractivity contribution >= 4 is 30.2 Å². The van der Waals surface area contributed by atoms with Crippen molar-refractivity contribution in [1.82, 2.24) is 16.0 Å². The average Bonchev–Trinajstić information content (AvgIpc) is 3.07. The number of unbranched alkanes of at least 4 members (excludes halogenated alkanes) is 2. The molecule has 2 rings (SSSR count). The topological polar surface area (TPSA) is 96.5 Å². The molecular formula is C15H25N3O4S. The Morgan fingerprint density at radius 1 is 1.30 bits per heavy atom. The summed E-state index contributed by atoms with van der Waals surface area (Å²) in [6.45, 7) is 1.48. The summed E-state index contributed by atoms with van der Waals surface area (Å²) < 4.78 is 4.58. The molecule has 0 aromatic rings. The second-order valence-electron chi connectivity index (χ2n) is 5.89. The molecule has 0 aliphatic carbocycles.